The van der Waals surface area contributed by atoms with Crippen molar-refractivity contribution in [3.63, 3.8) is 0 Å². The zero-order chi connectivity index (χ0) is 24.8. The Morgan fingerprint density at radius 1 is 1.09 bits per heavy atom. The van der Waals surface area contributed by atoms with Gasteiger partial charge in [0.1, 0.15) is 11.7 Å². The second kappa shape index (κ2) is 11.5. The molecule has 0 amide bonds. The maximum absolute atomic E-state index is 15.1. The van der Waals surface area contributed by atoms with Gasteiger partial charge in [-0.3, -0.25) is 0 Å². The van der Waals surface area contributed by atoms with Gasteiger partial charge in [-0.1, -0.05) is 32.6 Å². The highest BCUT2D eigenvalue weighted by molar-refractivity contribution is 5.56. The molecule has 1 unspecified atom stereocenters. The highest BCUT2D eigenvalue weighted by Gasteiger charge is 2.43. The molecule has 0 radical (unpaired) electrons. The number of halogens is 1. The molecule has 0 spiro atoms. The Bertz CT molecular complexity index is 974. The molecule has 1 saturated carbocycles. The third kappa shape index (κ3) is 6.01. The average Bonchev–Trinajstić information content (AvgIpc) is 3.11. The Hall–Kier alpha value is -2.52. The number of likely N-dealkylation sites (tertiary alicyclic amines) is 1. The number of quaternary nitrogens is 1. The summed E-state index contributed by atoms with van der Waals surface area (Å²) in [5, 5.41) is 3.52. The van der Waals surface area contributed by atoms with E-state index in [-0.39, 0.29) is 28.0 Å². The number of anilines is 2. The molecule has 2 aliphatic rings. The van der Waals surface area contributed by atoms with Gasteiger partial charge in [0.05, 0.1) is 13.7 Å². The summed E-state index contributed by atoms with van der Waals surface area (Å²) in [7, 11) is 4.21. The van der Waals surface area contributed by atoms with Crippen molar-refractivity contribution in [2.45, 2.75) is 76.8 Å². The largest absolute Gasteiger partial charge is 0.491 e. The Morgan fingerprint density at radius 3 is 2.46 bits per heavy atom. The lowest BCUT2D eigenvalue weighted by Gasteiger charge is -2.42. The lowest BCUT2D eigenvalue weighted by Crippen LogP contribution is -2.54. The fourth-order valence-corrected chi connectivity index (χ4v) is 5.37. The zero-order valence-corrected chi connectivity index (χ0v) is 21.5. The number of hydrogen-bond acceptors (Lipinski definition) is 7. The summed E-state index contributed by atoms with van der Waals surface area (Å²) in [6, 6.07) is 5.75. The van der Waals surface area contributed by atoms with E-state index in [4.69, 9.17) is 15.5 Å². The molecule has 1 aromatic carbocycles. The molecular weight excluding hydrogens is 445 g/mol. The minimum Gasteiger partial charge on any atom is -0.491 e. The van der Waals surface area contributed by atoms with Crippen LogP contribution in [0.1, 0.15) is 64.7 Å². The molecule has 0 bridgehead atoms. The summed E-state index contributed by atoms with van der Waals surface area (Å²) in [5.41, 5.74) is 7.00. The number of benzene rings is 1. The molecule has 1 atom stereocenters. The molecule has 1 saturated heterocycles. The molecule has 1 aliphatic carbocycles. The van der Waals surface area contributed by atoms with Crippen molar-refractivity contribution in [2.24, 2.45) is 0 Å². The van der Waals surface area contributed by atoms with Crippen molar-refractivity contribution < 1.29 is 9.13 Å². The first kappa shape index (κ1) is 25.6. The van der Waals surface area contributed by atoms with E-state index in [1.54, 1.807) is 12.1 Å². The van der Waals surface area contributed by atoms with Gasteiger partial charge in [0.2, 0.25) is 11.9 Å². The number of piperidine rings is 1. The van der Waals surface area contributed by atoms with Crippen molar-refractivity contribution in [1.82, 2.24) is 24.3 Å². The summed E-state index contributed by atoms with van der Waals surface area (Å²) in [6.07, 6.45) is 9.89. The molecule has 9 heteroatoms. The van der Waals surface area contributed by atoms with E-state index < -0.39 is 0 Å². The first-order valence-corrected chi connectivity index (χ1v) is 13.2. The van der Waals surface area contributed by atoms with Crippen LogP contribution in [-0.2, 0) is 0 Å². The first-order chi connectivity index (χ1) is 16.9. The predicted octanol–water partition coefficient (Wildman–Crippen LogP) is 4.88. The summed E-state index contributed by atoms with van der Waals surface area (Å²) in [5.74, 6) is 1.15. The fraction of sp³-hybridized carbons (Fsp3) is 0.654. The summed E-state index contributed by atoms with van der Waals surface area (Å²) < 4.78 is 21.0. The summed E-state index contributed by atoms with van der Waals surface area (Å²) in [6.45, 7) is 4.42. The van der Waals surface area contributed by atoms with Crippen molar-refractivity contribution in [2.75, 3.05) is 44.8 Å². The lowest BCUT2D eigenvalue weighted by molar-refractivity contribution is 0.180. The second-order valence-corrected chi connectivity index (χ2v) is 10.2. The molecular formula is C26H41FN7O+. The van der Waals surface area contributed by atoms with Crippen LogP contribution in [-0.4, -0.2) is 65.7 Å². The van der Waals surface area contributed by atoms with Crippen molar-refractivity contribution in [3.8, 4) is 5.75 Å². The van der Waals surface area contributed by atoms with Crippen LogP contribution >= 0.6 is 0 Å². The monoisotopic (exact) mass is 486 g/mol. The van der Waals surface area contributed by atoms with E-state index in [1.165, 1.54) is 25.7 Å². The van der Waals surface area contributed by atoms with Crippen LogP contribution in [0.3, 0.4) is 0 Å². The predicted molar refractivity (Wildman–Crippen MR) is 139 cm³/mol. The van der Waals surface area contributed by atoms with E-state index in [0.717, 1.165) is 50.9 Å². The maximum Gasteiger partial charge on any atom is 0.340 e. The van der Waals surface area contributed by atoms with Gasteiger partial charge in [0.25, 0.3) is 0 Å². The van der Waals surface area contributed by atoms with E-state index in [0.29, 0.717) is 24.5 Å². The minimum atomic E-state index is -0.368. The number of aromatic nitrogens is 3. The number of nitrogens with zero attached hydrogens (tertiary/aromatic N) is 5. The van der Waals surface area contributed by atoms with Gasteiger partial charge in [0, 0.05) is 44.1 Å². The standard InChI is InChI=1S/C26H41FN7O/c1-4-17-35-23-12-11-21(18-22(23)27)34(3,20-13-15-33(2)16-14-20)26-31-24(28)30-25(32-26)29-19-9-7-5-6-8-10-19/h11-12,18-20H,4-10,13-17H2,1-3H3,(H3,28,29,30,31,32)/q+1. The molecule has 1 aromatic heterocycles. The minimum absolute atomic E-state index is 0.181. The molecule has 35 heavy (non-hydrogen) atoms. The molecule has 2 aromatic rings. The summed E-state index contributed by atoms with van der Waals surface area (Å²) in [4.78, 5) is 16.2. The van der Waals surface area contributed by atoms with Crippen LogP contribution in [0.5, 0.6) is 5.75 Å². The Morgan fingerprint density at radius 2 is 1.80 bits per heavy atom. The fourth-order valence-electron chi connectivity index (χ4n) is 5.37. The van der Waals surface area contributed by atoms with Crippen molar-refractivity contribution in [3.05, 3.63) is 24.0 Å². The molecule has 4 rings (SSSR count). The summed E-state index contributed by atoms with van der Waals surface area (Å²) >= 11 is 0. The van der Waals surface area contributed by atoms with E-state index >= 15 is 4.39 Å². The third-order valence-electron chi connectivity index (χ3n) is 7.58. The highest BCUT2D eigenvalue weighted by atomic mass is 19.1. The molecule has 192 valence electrons. The number of rotatable bonds is 8. The molecule has 2 fully saturated rings. The van der Waals surface area contributed by atoms with Crippen molar-refractivity contribution in [1.29, 1.82) is 0 Å². The van der Waals surface area contributed by atoms with Gasteiger partial charge in [-0.25, -0.2) is 8.87 Å². The number of nitrogens with two attached hydrogens (primary N) is 1. The van der Waals surface area contributed by atoms with E-state index in [9.17, 15) is 0 Å². The molecule has 8 nitrogen and oxygen atoms in total. The zero-order valence-electron chi connectivity index (χ0n) is 21.5. The van der Waals surface area contributed by atoms with Crippen LogP contribution in [0.4, 0.5) is 27.9 Å². The van der Waals surface area contributed by atoms with Gasteiger partial charge in [-0.2, -0.15) is 4.98 Å². The van der Waals surface area contributed by atoms with Crippen molar-refractivity contribution >= 4 is 23.5 Å². The molecule has 1 aliphatic heterocycles. The third-order valence-corrected chi connectivity index (χ3v) is 7.58. The van der Waals surface area contributed by atoms with Crippen LogP contribution < -0.4 is 20.3 Å². The Balaban J connectivity index is 1.71. The van der Waals surface area contributed by atoms with E-state index in [1.807, 2.05) is 13.0 Å². The number of nitrogens with one attached hydrogen (secondary N) is 1. The smallest absolute Gasteiger partial charge is 0.340 e. The van der Waals surface area contributed by atoms with Gasteiger partial charge in [0.15, 0.2) is 11.6 Å². The normalized spacial score (nSPS) is 20.2. The second-order valence-electron chi connectivity index (χ2n) is 10.2. The average molecular weight is 487 g/mol. The topological polar surface area (TPSA) is 89.2 Å². The highest BCUT2D eigenvalue weighted by Crippen LogP contribution is 2.39. The molecule has 3 N–H and O–H groups in total. The maximum atomic E-state index is 15.1. The van der Waals surface area contributed by atoms with Crippen LogP contribution in [0.15, 0.2) is 18.2 Å². The molecule has 2 heterocycles. The number of hydrogen-bond donors (Lipinski definition) is 2. The van der Waals surface area contributed by atoms with Crippen LogP contribution in [0.2, 0.25) is 0 Å². The number of ether oxygens (including phenoxy) is 1. The van der Waals surface area contributed by atoms with Gasteiger partial charge in [-0.05, 0) is 32.4 Å². The Kier molecular flexibility index (Phi) is 8.38. The first-order valence-electron chi connectivity index (χ1n) is 13.2. The van der Waals surface area contributed by atoms with Gasteiger partial charge >= 0.3 is 5.95 Å². The van der Waals surface area contributed by atoms with Crippen LogP contribution in [0, 0.1) is 5.82 Å². The quantitative estimate of drug-likeness (QED) is 0.406. The van der Waals surface area contributed by atoms with Crippen LogP contribution in [0.25, 0.3) is 0 Å². The van der Waals surface area contributed by atoms with Gasteiger partial charge < -0.3 is 20.7 Å². The Labute approximate surface area is 208 Å². The van der Waals surface area contributed by atoms with E-state index in [2.05, 4.69) is 34.3 Å². The lowest BCUT2D eigenvalue weighted by atomic mass is 10.00. The van der Waals surface area contributed by atoms with Gasteiger partial charge in [-0.15, -0.1) is 9.97 Å². The number of nitrogen functional groups attached to an aromatic ring is 1. The SMILES string of the molecule is CCCOc1ccc([N+](C)(c2nc(N)nc(NC3CCCCCC3)n2)C2CCN(C)CC2)cc1F.